The largest absolute Gasteiger partial charge is 0.376 e. The number of hydrogen-bond donors (Lipinski definition) is 3. The second-order valence-electron chi connectivity index (χ2n) is 6.25. The Labute approximate surface area is 156 Å². The van der Waals surface area contributed by atoms with E-state index in [1.807, 2.05) is 11.8 Å². The minimum absolute atomic E-state index is 0.113. The Morgan fingerprint density at radius 1 is 1.30 bits per heavy atom. The van der Waals surface area contributed by atoms with E-state index >= 15 is 0 Å². The van der Waals surface area contributed by atoms with Gasteiger partial charge in [-0.1, -0.05) is 12.1 Å². The number of amides is 2. The molecule has 27 heavy (non-hydrogen) atoms. The predicted octanol–water partition coefficient (Wildman–Crippen LogP) is 0.922. The van der Waals surface area contributed by atoms with E-state index in [2.05, 4.69) is 15.3 Å². The summed E-state index contributed by atoms with van der Waals surface area (Å²) >= 11 is 0. The van der Waals surface area contributed by atoms with Crippen LogP contribution in [0.2, 0.25) is 0 Å². The number of aromatic nitrogens is 2. The molecule has 1 aliphatic rings. The van der Waals surface area contributed by atoms with Gasteiger partial charge in [0.1, 0.15) is 0 Å². The van der Waals surface area contributed by atoms with Gasteiger partial charge in [0.25, 0.3) is 5.91 Å². The fourth-order valence-electron chi connectivity index (χ4n) is 2.84. The molecule has 1 unspecified atom stereocenters. The maximum absolute atomic E-state index is 12.2. The number of anilines is 1. The molecule has 0 spiro atoms. The number of benzene rings is 1. The number of hydrogen-bond acceptors (Lipinski definition) is 7. The molecule has 3 N–H and O–H groups in total. The van der Waals surface area contributed by atoms with Crippen molar-refractivity contribution < 1.29 is 19.5 Å². The van der Waals surface area contributed by atoms with Gasteiger partial charge in [-0.25, -0.2) is 15.4 Å². The van der Waals surface area contributed by atoms with Gasteiger partial charge in [0.2, 0.25) is 11.9 Å². The molecule has 3 rings (SSSR count). The third kappa shape index (κ3) is 5.07. The van der Waals surface area contributed by atoms with Crippen LogP contribution in [0.4, 0.5) is 5.95 Å². The van der Waals surface area contributed by atoms with Crippen molar-refractivity contribution in [2.24, 2.45) is 0 Å². The van der Waals surface area contributed by atoms with Crippen molar-refractivity contribution in [1.29, 1.82) is 0 Å². The summed E-state index contributed by atoms with van der Waals surface area (Å²) in [6.07, 6.45) is 1.67. The second kappa shape index (κ2) is 8.67. The van der Waals surface area contributed by atoms with Crippen LogP contribution in [0.15, 0.2) is 36.5 Å². The van der Waals surface area contributed by atoms with Gasteiger partial charge in [0.15, 0.2) is 0 Å². The van der Waals surface area contributed by atoms with Gasteiger partial charge in [-0.2, -0.15) is 0 Å². The molecule has 0 saturated carbocycles. The molecule has 142 valence electrons. The van der Waals surface area contributed by atoms with E-state index < -0.39 is 5.91 Å². The van der Waals surface area contributed by atoms with E-state index in [1.165, 1.54) is 0 Å². The highest BCUT2D eigenvalue weighted by atomic mass is 16.5. The Bertz CT molecular complexity index is 812. The first-order chi connectivity index (χ1) is 13.0. The molecule has 0 aliphatic carbocycles. The summed E-state index contributed by atoms with van der Waals surface area (Å²) in [6, 6.07) is 8.25. The zero-order valence-electron chi connectivity index (χ0n) is 14.9. The molecule has 1 aromatic carbocycles. The molecule has 1 atom stereocenters. The minimum atomic E-state index is -0.588. The Balaban J connectivity index is 1.64. The van der Waals surface area contributed by atoms with Crippen LogP contribution >= 0.6 is 0 Å². The molecular formula is C18H21N5O4. The van der Waals surface area contributed by atoms with Gasteiger partial charge >= 0.3 is 0 Å². The Hall–Kier alpha value is -2.88. The van der Waals surface area contributed by atoms with Gasteiger partial charge in [-0.15, -0.1) is 0 Å². The van der Waals surface area contributed by atoms with Crippen molar-refractivity contribution in [1.82, 2.24) is 20.3 Å². The van der Waals surface area contributed by atoms with Gasteiger partial charge in [0, 0.05) is 30.4 Å². The first-order valence-corrected chi connectivity index (χ1v) is 8.57. The molecule has 9 heteroatoms. The minimum Gasteiger partial charge on any atom is -0.376 e. The quantitative estimate of drug-likeness (QED) is 0.528. The highest BCUT2D eigenvalue weighted by Crippen LogP contribution is 2.18. The maximum Gasteiger partial charge on any atom is 0.274 e. The SMILES string of the molecule is CC1CN(CC(=O)Nc2nccc(-c3ccc(C(=O)NO)cc3)n2)CCO1. The number of nitrogens with zero attached hydrogens (tertiary/aromatic N) is 3. The highest BCUT2D eigenvalue weighted by Gasteiger charge is 2.19. The number of carbonyl (C=O) groups excluding carboxylic acids is 2. The second-order valence-corrected chi connectivity index (χ2v) is 6.25. The van der Waals surface area contributed by atoms with Gasteiger partial charge in [-0.05, 0) is 25.1 Å². The molecular weight excluding hydrogens is 350 g/mol. The zero-order chi connectivity index (χ0) is 19.2. The molecule has 2 amide bonds. The van der Waals surface area contributed by atoms with Gasteiger partial charge in [-0.3, -0.25) is 25.0 Å². The molecule has 1 saturated heterocycles. The Morgan fingerprint density at radius 3 is 2.78 bits per heavy atom. The number of hydroxylamine groups is 1. The molecule has 0 bridgehead atoms. The number of nitrogens with one attached hydrogen (secondary N) is 2. The van der Waals surface area contributed by atoms with E-state index in [1.54, 1.807) is 42.0 Å². The number of ether oxygens (including phenoxy) is 1. The molecule has 0 radical (unpaired) electrons. The van der Waals surface area contributed by atoms with Crippen LogP contribution in [0.3, 0.4) is 0 Å². The fraction of sp³-hybridized carbons (Fsp3) is 0.333. The molecule has 1 aliphatic heterocycles. The average Bonchev–Trinajstić information content (AvgIpc) is 2.67. The van der Waals surface area contributed by atoms with Crippen molar-refractivity contribution in [3.8, 4) is 11.3 Å². The van der Waals surface area contributed by atoms with Crippen molar-refractivity contribution in [3.63, 3.8) is 0 Å². The number of morpholine rings is 1. The van der Waals surface area contributed by atoms with Crippen LogP contribution in [0.25, 0.3) is 11.3 Å². The summed E-state index contributed by atoms with van der Waals surface area (Å²) in [6.45, 7) is 4.28. The number of rotatable bonds is 5. The lowest BCUT2D eigenvalue weighted by Gasteiger charge is -2.30. The molecule has 2 aromatic rings. The van der Waals surface area contributed by atoms with E-state index in [9.17, 15) is 9.59 Å². The van der Waals surface area contributed by atoms with Crippen LogP contribution in [0.5, 0.6) is 0 Å². The van der Waals surface area contributed by atoms with Crippen LogP contribution in [0, 0.1) is 0 Å². The number of carbonyl (C=O) groups is 2. The van der Waals surface area contributed by atoms with E-state index in [0.717, 1.165) is 5.56 Å². The zero-order valence-corrected chi connectivity index (χ0v) is 14.9. The highest BCUT2D eigenvalue weighted by molar-refractivity contribution is 5.94. The Kier molecular flexibility index (Phi) is 6.07. The van der Waals surface area contributed by atoms with Crippen molar-refractivity contribution in [2.45, 2.75) is 13.0 Å². The third-order valence-electron chi connectivity index (χ3n) is 4.14. The smallest absolute Gasteiger partial charge is 0.274 e. The lowest BCUT2D eigenvalue weighted by molar-refractivity contribution is -0.119. The summed E-state index contributed by atoms with van der Waals surface area (Å²) in [5.41, 5.74) is 3.27. The monoisotopic (exact) mass is 371 g/mol. The summed E-state index contributed by atoms with van der Waals surface area (Å²) in [5, 5.41) is 11.4. The van der Waals surface area contributed by atoms with E-state index in [-0.39, 0.29) is 24.5 Å². The Morgan fingerprint density at radius 2 is 2.07 bits per heavy atom. The van der Waals surface area contributed by atoms with E-state index in [0.29, 0.717) is 31.0 Å². The van der Waals surface area contributed by atoms with Crippen LogP contribution in [0.1, 0.15) is 17.3 Å². The normalized spacial score (nSPS) is 17.3. The summed E-state index contributed by atoms with van der Waals surface area (Å²) in [5.74, 6) is -0.554. The van der Waals surface area contributed by atoms with Crippen LogP contribution < -0.4 is 10.8 Å². The summed E-state index contributed by atoms with van der Waals surface area (Å²) in [7, 11) is 0. The third-order valence-corrected chi connectivity index (χ3v) is 4.14. The topological polar surface area (TPSA) is 117 Å². The summed E-state index contributed by atoms with van der Waals surface area (Å²) in [4.78, 5) is 34.1. The van der Waals surface area contributed by atoms with Gasteiger partial charge < -0.3 is 4.74 Å². The van der Waals surface area contributed by atoms with Crippen molar-refractivity contribution in [3.05, 3.63) is 42.1 Å². The van der Waals surface area contributed by atoms with Gasteiger partial charge in [0.05, 0.1) is 24.9 Å². The average molecular weight is 371 g/mol. The van der Waals surface area contributed by atoms with Crippen LogP contribution in [-0.4, -0.2) is 64.2 Å². The predicted molar refractivity (Wildman–Crippen MR) is 97.2 cm³/mol. The van der Waals surface area contributed by atoms with E-state index in [4.69, 9.17) is 9.94 Å². The first-order valence-electron chi connectivity index (χ1n) is 8.57. The molecule has 9 nitrogen and oxygen atoms in total. The molecule has 1 aromatic heterocycles. The van der Waals surface area contributed by atoms with Crippen molar-refractivity contribution in [2.75, 3.05) is 31.6 Å². The van der Waals surface area contributed by atoms with Crippen LogP contribution in [-0.2, 0) is 9.53 Å². The maximum atomic E-state index is 12.2. The first kappa shape index (κ1) is 18.9. The fourth-order valence-corrected chi connectivity index (χ4v) is 2.84. The lowest BCUT2D eigenvalue weighted by Crippen LogP contribution is -2.44. The standard InChI is InChI=1S/C18H21N5O4/c1-12-10-23(8-9-27-12)11-16(24)21-18-19-7-6-15(20-18)13-2-4-14(5-3-13)17(25)22-26/h2-7,12,26H,8-11H2,1H3,(H,22,25)(H,19,20,21,24). The molecule has 2 heterocycles. The van der Waals surface area contributed by atoms with Crippen molar-refractivity contribution >= 4 is 17.8 Å². The molecule has 1 fully saturated rings. The lowest BCUT2D eigenvalue weighted by atomic mass is 10.1. The summed E-state index contributed by atoms with van der Waals surface area (Å²) < 4.78 is 5.47.